The summed E-state index contributed by atoms with van der Waals surface area (Å²) in [5.74, 6) is 7.14. The molecule has 0 saturated heterocycles. The molecule has 8 aromatic rings. The van der Waals surface area contributed by atoms with E-state index in [1.165, 1.54) is 4.40 Å². The Labute approximate surface area is 298 Å². The fourth-order valence-electron chi connectivity index (χ4n) is 5.73. The van der Waals surface area contributed by atoms with Crippen LogP contribution >= 0.6 is 0 Å². The molecule has 0 atom stereocenters. The molecule has 0 aliphatic rings. The summed E-state index contributed by atoms with van der Waals surface area (Å²) in [5.41, 5.74) is 10.0. The van der Waals surface area contributed by atoms with Gasteiger partial charge in [0.1, 0.15) is 5.58 Å². The average Bonchev–Trinajstić information content (AvgIpc) is 3.52. The van der Waals surface area contributed by atoms with Gasteiger partial charge in [0.15, 0.2) is 0 Å². The summed E-state index contributed by atoms with van der Waals surface area (Å²) in [6, 6.07) is 54.1. The summed E-state index contributed by atoms with van der Waals surface area (Å²) in [5, 5.41) is 2.20. The number of para-hydroxylation sites is 1. The van der Waals surface area contributed by atoms with Gasteiger partial charge in [-0.2, -0.15) is 0 Å². The number of benzene rings is 5. The third-order valence-corrected chi connectivity index (χ3v) is 12.5. The Morgan fingerprint density at radius 1 is 0.625 bits per heavy atom. The van der Waals surface area contributed by atoms with Gasteiger partial charge in [0.2, 0.25) is 0 Å². The number of pyridine rings is 2. The summed E-state index contributed by atoms with van der Waals surface area (Å²) >= 11 is -1.72. The van der Waals surface area contributed by atoms with Crippen LogP contribution < -0.4 is 4.40 Å². The SMILES string of the molecule is [CH3][Ge]([CH3])([CH3])[c]1ccc(-c2[c-]cccc2)nc1.[Ir].[c-]1cc(-c2ccccc2)c2c(oc3ccccc32)c1-c1cc(-c2ccccc2)ccn1. The van der Waals surface area contributed by atoms with Gasteiger partial charge >= 0.3 is 99.8 Å². The van der Waals surface area contributed by atoms with Crippen molar-refractivity contribution >= 4 is 39.6 Å². The molecule has 0 saturated carbocycles. The molecule has 0 N–H and O–H groups in total. The van der Waals surface area contributed by atoms with Crippen LogP contribution in [0.15, 0.2) is 156 Å². The summed E-state index contributed by atoms with van der Waals surface area (Å²) in [6.07, 6.45) is 3.89. The third-order valence-electron chi connectivity index (χ3n) is 8.28. The van der Waals surface area contributed by atoms with Crippen LogP contribution in [0.5, 0.6) is 0 Å². The normalized spacial score (nSPS) is 11.1. The summed E-state index contributed by atoms with van der Waals surface area (Å²) in [7, 11) is 0. The van der Waals surface area contributed by atoms with Crippen molar-refractivity contribution < 1.29 is 24.5 Å². The minimum Gasteiger partial charge on any atom is -0.501 e. The molecule has 0 bridgehead atoms. The first kappa shape index (κ1) is 33.3. The molecule has 1 radical (unpaired) electrons. The smallest absolute Gasteiger partial charge is 0.120 e. The fourth-order valence-corrected chi connectivity index (χ4v) is 7.91. The van der Waals surface area contributed by atoms with Crippen LogP contribution in [0.2, 0.25) is 17.3 Å². The standard InChI is InChI=1S/C29H18NO.C14H16GeN.Ir/c1-3-9-20(10-4-1)22-17-18-30-26(19-22)24-16-15-23(21-11-5-2-6-12-21)28-25-13-7-8-14-27(25)31-29(24)28;1-15(2,3)13-9-10-14(16-11-13)12-7-5-4-6-8-12;/h1-15,17-19H;4-7,9-11H,1-3H3;/q2*-1;. The van der Waals surface area contributed by atoms with Gasteiger partial charge in [-0.1, -0.05) is 102 Å². The van der Waals surface area contributed by atoms with Crippen LogP contribution in [0.4, 0.5) is 0 Å². The van der Waals surface area contributed by atoms with Crippen molar-refractivity contribution in [2.24, 2.45) is 0 Å². The maximum Gasteiger partial charge on any atom is 0.120 e. The van der Waals surface area contributed by atoms with E-state index in [1.54, 1.807) is 0 Å². The number of furan rings is 1. The molecule has 237 valence electrons. The first-order valence-electron chi connectivity index (χ1n) is 15.8. The molecule has 3 aromatic heterocycles. The first-order valence-corrected chi connectivity index (χ1v) is 23.2. The number of hydrogen-bond acceptors (Lipinski definition) is 3. The molecular weight excluding hydrogens is 825 g/mol. The number of rotatable bonds is 5. The zero-order chi connectivity index (χ0) is 32.2. The monoisotopic (exact) mass is 861 g/mol. The van der Waals surface area contributed by atoms with Crippen LogP contribution in [-0.2, 0) is 20.1 Å². The second-order valence-electron chi connectivity index (χ2n) is 12.5. The number of fused-ring (bicyclic) bond motifs is 3. The van der Waals surface area contributed by atoms with Crippen molar-refractivity contribution in [2.75, 3.05) is 0 Å². The molecule has 0 fully saturated rings. The molecule has 0 aliphatic carbocycles. The summed E-state index contributed by atoms with van der Waals surface area (Å²) in [6.45, 7) is 0. The molecule has 5 heteroatoms. The fraction of sp³-hybridized carbons (Fsp3) is 0.0698. The molecule has 8 rings (SSSR count). The Balaban J connectivity index is 0.000000201. The molecule has 0 unspecified atom stereocenters. The third kappa shape index (κ3) is 7.12. The number of aromatic nitrogens is 2. The van der Waals surface area contributed by atoms with Gasteiger partial charge in [0, 0.05) is 31.7 Å². The Kier molecular flexibility index (Phi) is 10.2. The predicted molar refractivity (Wildman–Crippen MR) is 198 cm³/mol. The molecule has 48 heavy (non-hydrogen) atoms. The minimum absolute atomic E-state index is 0. The first-order chi connectivity index (χ1) is 23.0. The van der Waals surface area contributed by atoms with E-state index in [4.69, 9.17) is 4.42 Å². The van der Waals surface area contributed by atoms with E-state index in [9.17, 15) is 0 Å². The predicted octanol–water partition coefficient (Wildman–Crippen LogP) is 10.9. The van der Waals surface area contributed by atoms with Gasteiger partial charge in [-0.15, -0.1) is 12.1 Å². The van der Waals surface area contributed by atoms with Gasteiger partial charge in [-0.3, -0.25) is 0 Å². The van der Waals surface area contributed by atoms with Crippen LogP contribution in [0, 0.1) is 12.1 Å². The molecule has 5 aromatic carbocycles. The molecular formula is C43H34GeIrN2O-2. The van der Waals surface area contributed by atoms with Crippen LogP contribution in [0.3, 0.4) is 0 Å². The van der Waals surface area contributed by atoms with Crippen molar-refractivity contribution in [3.8, 4) is 44.8 Å². The van der Waals surface area contributed by atoms with E-state index in [1.807, 2.05) is 79.1 Å². The Morgan fingerprint density at radius 2 is 1.33 bits per heavy atom. The van der Waals surface area contributed by atoms with E-state index in [0.717, 1.165) is 66.7 Å². The van der Waals surface area contributed by atoms with E-state index in [2.05, 4.69) is 112 Å². The van der Waals surface area contributed by atoms with Crippen LogP contribution in [0.1, 0.15) is 0 Å². The second-order valence-corrected chi connectivity index (χ2v) is 23.2. The van der Waals surface area contributed by atoms with Crippen molar-refractivity contribution in [2.45, 2.75) is 17.3 Å². The van der Waals surface area contributed by atoms with E-state index >= 15 is 0 Å². The number of nitrogens with zero attached hydrogens (tertiary/aromatic N) is 2. The molecule has 3 nitrogen and oxygen atoms in total. The largest absolute Gasteiger partial charge is 0.501 e. The van der Waals surface area contributed by atoms with Gasteiger partial charge in [0.05, 0.1) is 5.58 Å². The Morgan fingerprint density at radius 3 is 2.02 bits per heavy atom. The molecule has 3 heterocycles. The topological polar surface area (TPSA) is 38.9 Å². The minimum atomic E-state index is -1.72. The zero-order valence-electron chi connectivity index (χ0n) is 27.1. The quantitative estimate of drug-likeness (QED) is 0.128. The Bertz CT molecular complexity index is 2260. The molecule has 0 spiro atoms. The Hall–Kier alpha value is -4.61. The molecule has 0 amide bonds. The zero-order valence-corrected chi connectivity index (χ0v) is 31.6. The van der Waals surface area contributed by atoms with Gasteiger partial charge < -0.3 is 9.40 Å². The van der Waals surface area contributed by atoms with Crippen molar-refractivity contribution in [3.63, 3.8) is 0 Å². The average molecular weight is 860 g/mol. The van der Waals surface area contributed by atoms with Crippen molar-refractivity contribution in [1.29, 1.82) is 0 Å². The molecule has 0 aliphatic heterocycles. The van der Waals surface area contributed by atoms with Gasteiger partial charge in [-0.05, 0) is 34.3 Å². The second kappa shape index (κ2) is 14.7. The van der Waals surface area contributed by atoms with E-state index in [-0.39, 0.29) is 20.1 Å². The van der Waals surface area contributed by atoms with Crippen LogP contribution in [-0.4, -0.2) is 23.2 Å². The number of hydrogen-bond donors (Lipinski definition) is 0. The van der Waals surface area contributed by atoms with Crippen molar-refractivity contribution in [3.05, 3.63) is 164 Å². The van der Waals surface area contributed by atoms with E-state index in [0.29, 0.717) is 0 Å². The van der Waals surface area contributed by atoms with E-state index < -0.39 is 13.3 Å². The summed E-state index contributed by atoms with van der Waals surface area (Å²) in [4.78, 5) is 9.20. The van der Waals surface area contributed by atoms with Gasteiger partial charge in [-0.25, -0.2) is 0 Å². The summed E-state index contributed by atoms with van der Waals surface area (Å²) < 4.78 is 7.82. The van der Waals surface area contributed by atoms with Crippen LogP contribution in [0.25, 0.3) is 66.7 Å². The van der Waals surface area contributed by atoms with Gasteiger partial charge in [0.25, 0.3) is 0 Å². The van der Waals surface area contributed by atoms with Crippen molar-refractivity contribution in [1.82, 2.24) is 9.97 Å². The maximum absolute atomic E-state index is 6.37. The maximum atomic E-state index is 6.37.